The molecule has 0 amide bonds. The van der Waals surface area contributed by atoms with Gasteiger partial charge in [0.25, 0.3) is 10.0 Å². The van der Waals surface area contributed by atoms with Crippen LogP contribution in [-0.4, -0.2) is 23.0 Å². The third-order valence-corrected chi connectivity index (χ3v) is 6.48. The van der Waals surface area contributed by atoms with Crippen LogP contribution in [0.3, 0.4) is 0 Å². The van der Waals surface area contributed by atoms with Crippen molar-refractivity contribution >= 4 is 21.4 Å². The molecule has 2 aromatic carbocycles. The van der Waals surface area contributed by atoms with E-state index in [-0.39, 0.29) is 22.8 Å². The lowest BCUT2D eigenvalue weighted by molar-refractivity contribution is 0.580. The number of fused-ring (bicyclic) bond motifs is 1. The van der Waals surface area contributed by atoms with Gasteiger partial charge in [-0.25, -0.2) is 17.2 Å². The lowest BCUT2D eigenvalue weighted by Crippen LogP contribution is -2.31. The van der Waals surface area contributed by atoms with Crippen LogP contribution >= 0.6 is 0 Å². The SMILES string of the molecule is Cc1cccc(CN(c2cc(F)cc(F)c2)S(=O)(=O)c2cccn3c(C)nnc23)c1. The lowest BCUT2D eigenvalue weighted by atomic mass is 10.1. The van der Waals surface area contributed by atoms with E-state index in [1.165, 1.54) is 6.07 Å². The Morgan fingerprint density at radius 1 is 0.967 bits per heavy atom. The first-order valence-electron chi connectivity index (χ1n) is 9.10. The molecule has 0 unspecified atom stereocenters. The second-order valence-corrected chi connectivity index (χ2v) is 8.77. The maximum atomic E-state index is 14.0. The predicted molar refractivity (Wildman–Crippen MR) is 109 cm³/mol. The molecule has 4 rings (SSSR count). The molecule has 6 nitrogen and oxygen atoms in total. The maximum Gasteiger partial charge on any atom is 0.268 e. The molecule has 0 aliphatic rings. The van der Waals surface area contributed by atoms with Gasteiger partial charge >= 0.3 is 0 Å². The van der Waals surface area contributed by atoms with Crippen molar-refractivity contribution in [3.63, 3.8) is 0 Å². The molecule has 0 fully saturated rings. The van der Waals surface area contributed by atoms with Crippen LogP contribution in [0.1, 0.15) is 17.0 Å². The van der Waals surface area contributed by atoms with Gasteiger partial charge in [-0.15, -0.1) is 10.2 Å². The quantitative estimate of drug-likeness (QED) is 0.482. The normalized spacial score (nSPS) is 11.7. The number of pyridine rings is 1. The van der Waals surface area contributed by atoms with Gasteiger partial charge in [-0.2, -0.15) is 0 Å². The number of aromatic nitrogens is 3. The van der Waals surface area contributed by atoms with Gasteiger partial charge in [-0.3, -0.25) is 8.71 Å². The highest BCUT2D eigenvalue weighted by Gasteiger charge is 2.29. The second-order valence-electron chi connectivity index (χ2n) is 6.94. The summed E-state index contributed by atoms with van der Waals surface area (Å²) in [6.45, 7) is 3.47. The van der Waals surface area contributed by atoms with E-state index < -0.39 is 21.7 Å². The Morgan fingerprint density at radius 2 is 1.70 bits per heavy atom. The monoisotopic (exact) mass is 428 g/mol. The van der Waals surface area contributed by atoms with Gasteiger partial charge in [0.05, 0.1) is 12.2 Å². The summed E-state index contributed by atoms with van der Waals surface area (Å²) in [4.78, 5) is -0.108. The van der Waals surface area contributed by atoms with E-state index >= 15 is 0 Å². The largest absolute Gasteiger partial charge is 0.286 e. The molecular weight excluding hydrogens is 410 g/mol. The van der Waals surface area contributed by atoms with E-state index in [0.717, 1.165) is 22.0 Å². The van der Waals surface area contributed by atoms with Crippen LogP contribution < -0.4 is 4.31 Å². The summed E-state index contributed by atoms with van der Waals surface area (Å²) in [6, 6.07) is 12.9. The van der Waals surface area contributed by atoms with Crippen LogP contribution in [0, 0.1) is 25.5 Å². The molecule has 0 saturated carbocycles. The Kier molecular flexibility index (Phi) is 4.98. The van der Waals surface area contributed by atoms with Crippen molar-refractivity contribution in [3.8, 4) is 0 Å². The predicted octanol–water partition coefficient (Wildman–Crippen LogP) is 4.02. The highest BCUT2D eigenvalue weighted by Crippen LogP contribution is 2.29. The third-order valence-electron chi connectivity index (χ3n) is 4.68. The Hall–Kier alpha value is -3.33. The lowest BCUT2D eigenvalue weighted by Gasteiger charge is -2.25. The van der Waals surface area contributed by atoms with Gasteiger partial charge in [-0.05, 0) is 43.7 Å². The van der Waals surface area contributed by atoms with Gasteiger partial charge < -0.3 is 0 Å². The summed E-state index contributed by atoms with van der Waals surface area (Å²) < 4.78 is 57.8. The molecule has 154 valence electrons. The van der Waals surface area contributed by atoms with E-state index in [4.69, 9.17) is 0 Å². The fourth-order valence-electron chi connectivity index (χ4n) is 3.30. The molecule has 4 aromatic rings. The first kappa shape index (κ1) is 20.0. The van der Waals surface area contributed by atoms with Crippen molar-refractivity contribution in [3.05, 3.63) is 89.4 Å². The number of benzene rings is 2. The average molecular weight is 428 g/mol. The van der Waals surface area contributed by atoms with E-state index in [1.807, 2.05) is 19.1 Å². The second kappa shape index (κ2) is 7.49. The minimum atomic E-state index is -4.24. The third kappa shape index (κ3) is 3.63. The van der Waals surface area contributed by atoms with E-state index in [0.29, 0.717) is 17.5 Å². The van der Waals surface area contributed by atoms with Crippen LogP contribution in [0.15, 0.2) is 65.7 Å². The van der Waals surface area contributed by atoms with E-state index in [9.17, 15) is 17.2 Å². The molecule has 0 aliphatic heterocycles. The van der Waals surface area contributed by atoms with E-state index in [2.05, 4.69) is 10.2 Å². The van der Waals surface area contributed by atoms with Crippen molar-refractivity contribution in [2.24, 2.45) is 0 Å². The molecule has 0 saturated heterocycles. The van der Waals surface area contributed by atoms with Crippen molar-refractivity contribution in [2.75, 3.05) is 4.31 Å². The van der Waals surface area contributed by atoms with Crippen LogP contribution in [0.4, 0.5) is 14.5 Å². The van der Waals surface area contributed by atoms with Crippen molar-refractivity contribution < 1.29 is 17.2 Å². The number of hydrogen-bond donors (Lipinski definition) is 0. The number of hydrogen-bond acceptors (Lipinski definition) is 4. The summed E-state index contributed by atoms with van der Waals surface area (Å²) in [5.41, 5.74) is 1.63. The zero-order valence-electron chi connectivity index (χ0n) is 16.3. The Labute approximate surface area is 172 Å². The molecular formula is C21H18F2N4O2S. The molecule has 30 heavy (non-hydrogen) atoms. The van der Waals surface area contributed by atoms with Crippen LogP contribution in [0.5, 0.6) is 0 Å². The maximum absolute atomic E-state index is 14.0. The van der Waals surface area contributed by atoms with Gasteiger partial charge in [0.1, 0.15) is 22.4 Å². The molecule has 0 N–H and O–H groups in total. The van der Waals surface area contributed by atoms with Gasteiger partial charge in [-0.1, -0.05) is 29.8 Å². The molecule has 0 atom stereocenters. The van der Waals surface area contributed by atoms with Crippen molar-refractivity contribution in [2.45, 2.75) is 25.3 Å². The molecule has 9 heteroatoms. The fraction of sp³-hybridized carbons (Fsp3) is 0.143. The minimum absolute atomic E-state index is 0.108. The Bertz CT molecular complexity index is 1330. The van der Waals surface area contributed by atoms with Gasteiger partial charge in [0.15, 0.2) is 5.65 Å². The number of nitrogens with zero attached hydrogens (tertiary/aromatic N) is 4. The zero-order chi connectivity index (χ0) is 21.5. The first-order chi connectivity index (χ1) is 14.3. The van der Waals surface area contributed by atoms with Crippen LogP contribution in [-0.2, 0) is 16.6 Å². The summed E-state index contributed by atoms with van der Waals surface area (Å²) in [5.74, 6) is -1.22. The topological polar surface area (TPSA) is 67.6 Å². The zero-order valence-corrected chi connectivity index (χ0v) is 17.1. The number of anilines is 1. The van der Waals surface area contributed by atoms with Crippen LogP contribution in [0.25, 0.3) is 5.65 Å². The molecule has 2 heterocycles. The Balaban J connectivity index is 1.91. The van der Waals surface area contributed by atoms with Crippen molar-refractivity contribution in [1.29, 1.82) is 0 Å². The highest BCUT2D eigenvalue weighted by molar-refractivity contribution is 7.93. The van der Waals surface area contributed by atoms with Crippen LogP contribution in [0.2, 0.25) is 0 Å². The average Bonchev–Trinajstić information content (AvgIpc) is 3.06. The Morgan fingerprint density at radius 3 is 2.40 bits per heavy atom. The number of halogens is 2. The fourth-order valence-corrected chi connectivity index (χ4v) is 4.86. The first-order valence-corrected chi connectivity index (χ1v) is 10.5. The number of aryl methyl sites for hydroxylation is 2. The number of sulfonamides is 1. The van der Waals surface area contributed by atoms with Crippen molar-refractivity contribution in [1.82, 2.24) is 14.6 Å². The smallest absolute Gasteiger partial charge is 0.268 e. The summed E-state index contributed by atoms with van der Waals surface area (Å²) in [7, 11) is -4.24. The summed E-state index contributed by atoms with van der Waals surface area (Å²) >= 11 is 0. The summed E-state index contributed by atoms with van der Waals surface area (Å²) in [6.07, 6.45) is 1.65. The minimum Gasteiger partial charge on any atom is -0.286 e. The standard InChI is InChI=1S/C21H18F2N4O2S/c1-14-5-3-6-16(9-14)13-27(19-11-17(22)10-18(23)12-19)30(28,29)20-7-4-8-26-15(2)24-25-21(20)26/h3-12H,13H2,1-2H3. The molecule has 0 aliphatic carbocycles. The van der Waals surface area contributed by atoms with Gasteiger partial charge in [0.2, 0.25) is 0 Å². The summed E-state index contributed by atoms with van der Waals surface area (Å²) in [5, 5.41) is 7.91. The molecule has 0 spiro atoms. The van der Waals surface area contributed by atoms with Gasteiger partial charge in [0, 0.05) is 12.3 Å². The molecule has 0 radical (unpaired) electrons. The molecule has 2 aromatic heterocycles. The highest BCUT2D eigenvalue weighted by atomic mass is 32.2. The van der Waals surface area contributed by atoms with E-state index in [1.54, 1.807) is 35.7 Å². The molecule has 0 bridgehead atoms. The number of rotatable bonds is 5.